The van der Waals surface area contributed by atoms with Crippen molar-refractivity contribution in [2.24, 2.45) is 7.05 Å². The molecule has 4 rings (SSSR count). The molecule has 0 unspecified atom stereocenters. The van der Waals surface area contributed by atoms with Crippen molar-refractivity contribution in [2.45, 2.75) is 12.7 Å². The number of benzene rings is 2. The predicted octanol–water partition coefficient (Wildman–Crippen LogP) is 3.42. The Kier molecular flexibility index (Phi) is 7.30. The Labute approximate surface area is 209 Å². The summed E-state index contributed by atoms with van der Waals surface area (Å²) in [6.07, 6.45) is -1.79. The second-order valence-corrected chi connectivity index (χ2v) is 7.94. The van der Waals surface area contributed by atoms with E-state index >= 15 is 0 Å². The summed E-state index contributed by atoms with van der Waals surface area (Å²) < 4.78 is 42.3. The summed E-state index contributed by atoms with van der Waals surface area (Å²) in [7, 11) is 1.58. The standard InChI is InChI=1S/C25H21F3N6O3/c1-34-10-9-19(33-34)17-11-16(7-8-18(17)25(26,27)28)24(37)31-20-12-29-21(13-30-22(36)14-35)32-23(20)15-5-3-2-4-6-15/h2-12,35H,13-14H2,1H3,(H,30,36)(H,31,37). The smallest absolute Gasteiger partial charge is 0.387 e. The Hall–Kier alpha value is -4.58. The van der Waals surface area contributed by atoms with Gasteiger partial charge in [0.1, 0.15) is 12.4 Å². The van der Waals surface area contributed by atoms with E-state index in [1.807, 2.05) is 0 Å². The minimum atomic E-state index is -4.64. The highest BCUT2D eigenvalue weighted by Gasteiger charge is 2.34. The Morgan fingerprint density at radius 3 is 2.49 bits per heavy atom. The molecule has 0 spiro atoms. The monoisotopic (exact) mass is 510 g/mol. The minimum absolute atomic E-state index is 0.0213. The lowest BCUT2D eigenvalue weighted by molar-refractivity contribution is -0.137. The van der Waals surface area contributed by atoms with Crippen LogP contribution in [0.1, 0.15) is 21.7 Å². The van der Waals surface area contributed by atoms with Crippen molar-refractivity contribution in [1.82, 2.24) is 25.1 Å². The van der Waals surface area contributed by atoms with Gasteiger partial charge in [-0.15, -0.1) is 0 Å². The number of rotatable bonds is 7. The number of aromatic nitrogens is 4. The molecule has 0 aliphatic carbocycles. The summed E-state index contributed by atoms with van der Waals surface area (Å²) in [5, 5.41) is 18.1. The van der Waals surface area contributed by atoms with Crippen LogP contribution in [0.15, 0.2) is 67.0 Å². The molecule has 37 heavy (non-hydrogen) atoms. The van der Waals surface area contributed by atoms with Gasteiger partial charge < -0.3 is 15.7 Å². The first-order valence-electron chi connectivity index (χ1n) is 11.0. The third-order valence-corrected chi connectivity index (χ3v) is 5.30. The molecule has 2 heterocycles. The van der Waals surface area contributed by atoms with Gasteiger partial charge in [0.05, 0.1) is 35.4 Å². The van der Waals surface area contributed by atoms with Gasteiger partial charge in [-0.2, -0.15) is 18.3 Å². The molecule has 12 heteroatoms. The first-order valence-corrected chi connectivity index (χ1v) is 11.0. The van der Waals surface area contributed by atoms with Gasteiger partial charge in [-0.3, -0.25) is 14.3 Å². The van der Waals surface area contributed by atoms with Crippen LogP contribution in [0.5, 0.6) is 0 Å². The molecule has 9 nitrogen and oxygen atoms in total. The maximum Gasteiger partial charge on any atom is 0.417 e. The van der Waals surface area contributed by atoms with Gasteiger partial charge in [-0.25, -0.2) is 9.97 Å². The van der Waals surface area contributed by atoms with E-state index in [0.717, 1.165) is 18.2 Å². The average Bonchev–Trinajstić information content (AvgIpc) is 3.33. The fourth-order valence-corrected chi connectivity index (χ4v) is 3.54. The fraction of sp³-hybridized carbons (Fsp3) is 0.160. The Bertz CT molecular complexity index is 1440. The summed E-state index contributed by atoms with van der Waals surface area (Å²) in [4.78, 5) is 33.1. The fourth-order valence-electron chi connectivity index (χ4n) is 3.54. The minimum Gasteiger partial charge on any atom is -0.387 e. The zero-order chi connectivity index (χ0) is 26.6. The van der Waals surface area contributed by atoms with Crippen LogP contribution in [-0.4, -0.2) is 43.3 Å². The quantitative estimate of drug-likeness (QED) is 0.350. The van der Waals surface area contributed by atoms with Gasteiger partial charge in [-0.05, 0) is 24.3 Å². The van der Waals surface area contributed by atoms with Crippen molar-refractivity contribution < 1.29 is 27.9 Å². The first-order chi connectivity index (χ1) is 17.7. The Balaban J connectivity index is 1.69. The molecule has 0 radical (unpaired) electrons. The molecule has 0 aliphatic heterocycles. The van der Waals surface area contributed by atoms with Crippen LogP contribution in [0.2, 0.25) is 0 Å². The van der Waals surface area contributed by atoms with Gasteiger partial charge in [0.15, 0.2) is 0 Å². The number of carbonyl (C=O) groups is 2. The van der Waals surface area contributed by atoms with E-state index in [1.165, 1.54) is 23.1 Å². The first kappa shape index (κ1) is 25.5. The van der Waals surface area contributed by atoms with E-state index in [9.17, 15) is 22.8 Å². The van der Waals surface area contributed by atoms with Crippen molar-refractivity contribution in [1.29, 1.82) is 0 Å². The summed E-state index contributed by atoms with van der Waals surface area (Å²) in [5.74, 6) is -1.05. The number of carbonyl (C=O) groups excluding carboxylic acids is 2. The third kappa shape index (κ3) is 5.98. The highest BCUT2D eigenvalue weighted by Crippen LogP contribution is 2.37. The van der Waals surface area contributed by atoms with Crippen molar-refractivity contribution in [3.8, 4) is 22.5 Å². The number of hydrogen-bond acceptors (Lipinski definition) is 6. The molecule has 0 bridgehead atoms. The maximum atomic E-state index is 13.6. The molecule has 2 aromatic carbocycles. The van der Waals surface area contributed by atoms with Crippen LogP contribution >= 0.6 is 0 Å². The second-order valence-electron chi connectivity index (χ2n) is 7.94. The van der Waals surface area contributed by atoms with E-state index in [2.05, 4.69) is 25.7 Å². The van der Waals surface area contributed by atoms with Crippen molar-refractivity contribution >= 4 is 17.5 Å². The largest absolute Gasteiger partial charge is 0.417 e. The molecular weight excluding hydrogens is 489 g/mol. The van der Waals surface area contributed by atoms with Crippen LogP contribution in [0.25, 0.3) is 22.5 Å². The third-order valence-electron chi connectivity index (χ3n) is 5.30. The number of amides is 2. The highest BCUT2D eigenvalue weighted by molar-refractivity contribution is 6.06. The van der Waals surface area contributed by atoms with E-state index in [0.29, 0.717) is 11.3 Å². The maximum absolute atomic E-state index is 13.6. The Morgan fingerprint density at radius 1 is 1.08 bits per heavy atom. The summed E-state index contributed by atoms with van der Waals surface area (Å²) in [5.41, 5.74) is 0.109. The van der Waals surface area contributed by atoms with Gasteiger partial charge in [0.2, 0.25) is 5.91 Å². The molecule has 190 valence electrons. The van der Waals surface area contributed by atoms with E-state index in [4.69, 9.17) is 5.11 Å². The number of alkyl halides is 3. The lowest BCUT2D eigenvalue weighted by Crippen LogP contribution is -2.26. The molecular formula is C25H21F3N6O3. The van der Waals surface area contributed by atoms with Gasteiger partial charge >= 0.3 is 6.18 Å². The zero-order valence-corrected chi connectivity index (χ0v) is 19.5. The molecule has 2 amide bonds. The number of aryl methyl sites for hydroxylation is 1. The zero-order valence-electron chi connectivity index (χ0n) is 19.5. The number of anilines is 1. The van der Waals surface area contributed by atoms with Gasteiger partial charge in [-0.1, -0.05) is 30.3 Å². The summed E-state index contributed by atoms with van der Waals surface area (Å²) in [6.45, 7) is -0.743. The number of aliphatic hydroxyl groups is 1. The molecule has 0 atom stereocenters. The lowest BCUT2D eigenvalue weighted by Gasteiger charge is -2.15. The Morgan fingerprint density at radius 2 is 1.84 bits per heavy atom. The molecule has 0 fully saturated rings. The molecule has 2 aromatic heterocycles. The van der Waals surface area contributed by atoms with Crippen LogP contribution in [0, 0.1) is 0 Å². The number of hydrogen-bond donors (Lipinski definition) is 3. The van der Waals surface area contributed by atoms with E-state index < -0.39 is 30.2 Å². The summed E-state index contributed by atoms with van der Waals surface area (Å²) >= 11 is 0. The second kappa shape index (κ2) is 10.6. The van der Waals surface area contributed by atoms with Gasteiger partial charge in [0.25, 0.3) is 5.91 Å². The molecule has 0 saturated heterocycles. The van der Waals surface area contributed by atoms with Crippen LogP contribution in [0.3, 0.4) is 0 Å². The number of halogens is 3. The molecule has 3 N–H and O–H groups in total. The number of nitrogens with zero attached hydrogens (tertiary/aromatic N) is 4. The van der Waals surface area contributed by atoms with Crippen LogP contribution in [0.4, 0.5) is 18.9 Å². The number of aliphatic hydroxyl groups excluding tert-OH is 1. The summed E-state index contributed by atoms with van der Waals surface area (Å²) in [6, 6.07) is 13.4. The van der Waals surface area contributed by atoms with E-state index in [1.54, 1.807) is 37.4 Å². The molecule has 4 aromatic rings. The van der Waals surface area contributed by atoms with Crippen molar-refractivity contribution in [3.05, 3.63) is 83.9 Å². The van der Waals surface area contributed by atoms with Crippen LogP contribution in [-0.2, 0) is 24.6 Å². The average molecular weight is 510 g/mol. The van der Waals surface area contributed by atoms with Crippen molar-refractivity contribution in [2.75, 3.05) is 11.9 Å². The predicted molar refractivity (Wildman–Crippen MR) is 128 cm³/mol. The van der Waals surface area contributed by atoms with Crippen LogP contribution < -0.4 is 10.6 Å². The normalized spacial score (nSPS) is 11.3. The molecule has 0 saturated carbocycles. The lowest BCUT2D eigenvalue weighted by atomic mass is 10.0. The SMILES string of the molecule is Cn1ccc(-c2cc(C(=O)Nc3cnc(CNC(=O)CO)nc3-c3ccccc3)ccc2C(F)(F)F)n1. The van der Waals surface area contributed by atoms with Crippen molar-refractivity contribution in [3.63, 3.8) is 0 Å². The highest BCUT2D eigenvalue weighted by atomic mass is 19.4. The van der Waals surface area contributed by atoms with Gasteiger partial charge in [0, 0.05) is 29.9 Å². The molecule has 0 aliphatic rings. The number of nitrogens with one attached hydrogen (secondary N) is 2. The van der Waals surface area contributed by atoms with E-state index in [-0.39, 0.29) is 34.9 Å². The topological polar surface area (TPSA) is 122 Å².